The first-order valence-corrected chi connectivity index (χ1v) is 12.0. The van der Waals surface area contributed by atoms with Crippen molar-refractivity contribution in [3.63, 3.8) is 0 Å². The molecular weight excluding hydrogens is 484 g/mol. The van der Waals surface area contributed by atoms with Crippen LogP contribution in [0.3, 0.4) is 0 Å². The molecule has 12 heteroatoms. The van der Waals surface area contributed by atoms with Crippen molar-refractivity contribution in [2.75, 3.05) is 36.3 Å². The number of rotatable bonds is 7. The third kappa shape index (κ3) is 6.01. The predicted octanol–water partition coefficient (Wildman–Crippen LogP) is 3.08. The maximum absolute atomic E-state index is 12.7. The summed E-state index contributed by atoms with van der Waals surface area (Å²) in [6, 6.07) is 8.32. The van der Waals surface area contributed by atoms with Gasteiger partial charge in [0.05, 0.1) is 49.6 Å². The monoisotopic (exact) mass is 514 g/mol. The van der Waals surface area contributed by atoms with Crippen molar-refractivity contribution in [3.8, 4) is 11.6 Å². The molecule has 5 N–H and O–H groups in total. The van der Waals surface area contributed by atoms with Crippen molar-refractivity contribution >= 4 is 39.8 Å². The van der Waals surface area contributed by atoms with Crippen LogP contribution in [0.25, 0.3) is 0 Å². The summed E-state index contributed by atoms with van der Waals surface area (Å²) in [5.74, 6) is 0.763. The molecular formula is C24H30N6O5S. The van der Waals surface area contributed by atoms with E-state index in [1.807, 2.05) is 19.9 Å². The Labute approximate surface area is 213 Å². The highest BCUT2D eigenvalue weighted by atomic mass is 32.1. The average molecular weight is 515 g/mol. The van der Waals surface area contributed by atoms with Crippen LogP contribution in [0.15, 0.2) is 36.5 Å². The molecule has 2 aromatic heterocycles. The number of para-hydroxylation sites is 1. The Morgan fingerprint density at radius 2 is 1.92 bits per heavy atom. The summed E-state index contributed by atoms with van der Waals surface area (Å²) < 4.78 is 10.6. The number of thiazole rings is 1. The van der Waals surface area contributed by atoms with Crippen LogP contribution in [-0.4, -0.2) is 54.2 Å². The molecule has 192 valence electrons. The quantitative estimate of drug-likeness (QED) is 0.439. The molecule has 0 atom stereocenters. The fraction of sp³-hybridized carbons (Fsp3) is 0.333. The number of fused-ring (bicyclic) bond motifs is 1. The minimum absolute atomic E-state index is 0. The largest absolute Gasteiger partial charge is 0.491 e. The van der Waals surface area contributed by atoms with Gasteiger partial charge in [0.2, 0.25) is 0 Å². The summed E-state index contributed by atoms with van der Waals surface area (Å²) in [6.45, 7) is 5.17. The number of pyridine rings is 1. The average Bonchev–Trinajstić information content (AvgIpc) is 3.24. The standard InChI is InChI=1S/C24H28N6O4S.H2O/c1-14(2)26-21(31)16-7-5-6-8-17(16)27-23(32)29-24-28-18-9-10-30(13-20(18)35-24)15-11-19(33-3)22(34-4)25-12-15;/h5-8,11-12,14H,9-10,13H2,1-4H3,(H,26,31)(H2,27,28,29,32);1H2. The Morgan fingerprint density at radius 3 is 2.64 bits per heavy atom. The van der Waals surface area contributed by atoms with Gasteiger partial charge >= 0.3 is 6.03 Å². The fourth-order valence-electron chi connectivity index (χ4n) is 3.74. The first kappa shape index (κ1) is 26.7. The minimum Gasteiger partial charge on any atom is -0.491 e. The SMILES string of the molecule is COc1cc(N2CCc3nc(NC(=O)Nc4ccccc4C(=O)NC(C)C)sc3C2)cnc1OC.O. The summed E-state index contributed by atoms with van der Waals surface area (Å²) in [6.07, 6.45) is 2.49. The van der Waals surface area contributed by atoms with E-state index in [1.54, 1.807) is 44.7 Å². The molecule has 3 heterocycles. The van der Waals surface area contributed by atoms with E-state index in [2.05, 4.69) is 30.8 Å². The van der Waals surface area contributed by atoms with E-state index in [0.717, 1.165) is 29.2 Å². The normalized spacial score (nSPS) is 12.3. The number of anilines is 3. The number of carbonyl (C=O) groups is 2. The maximum atomic E-state index is 12.7. The summed E-state index contributed by atoms with van der Waals surface area (Å²) in [7, 11) is 3.14. The van der Waals surface area contributed by atoms with E-state index in [1.165, 1.54) is 11.3 Å². The van der Waals surface area contributed by atoms with Gasteiger partial charge in [-0.05, 0) is 26.0 Å². The molecule has 3 aromatic rings. The number of benzene rings is 1. The number of ether oxygens (including phenoxy) is 2. The first-order valence-electron chi connectivity index (χ1n) is 11.2. The number of methoxy groups -OCH3 is 2. The molecule has 0 aliphatic carbocycles. The second-order valence-corrected chi connectivity index (χ2v) is 9.30. The first-order chi connectivity index (χ1) is 16.9. The number of urea groups is 1. The van der Waals surface area contributed by atoms with Crippen LogP contribution in [0.2, 0.25) is 0 Å². The molecule has 0 saturated heterocycles. The highest BCUT2D eigenvalue weighted by Gasteiger charge is 2.23. The zero-order valence-electron chi connectivity index (χ0n) is 20.5. The molecule has 0 fully saturated rings. The Bertz CT molecular complexity index is 1230. The lowest BCUT2D eigenvalue weighted by Gasteiger charge is -2.28. The van der Waals surface area contributed by atoms with Gasteiger partial charge in [0.15, 0.2) is 10.9 Å². The lowest BCUT2D eigenvalue weighted by Crippen LogP contribution is -2.31. The molecule has 0 unspecified atom stereocenters. The predicted molar refractivity (Wildman–Crippen MR) is 140 cm³/mol. The number of carbonyl (C=O) groups excluding carboxylic acids is 2. The molecule has 3 amide bonds. The van der Waals surface area contributed by atoms with E-state index in [-0.39, 0.29) is 17.4 Å². The van der Waals surface area contributed by atoms with Gasteiger partial charge in [-0.1, -0.05) is 23.5 Å². The van der Waals surface area contributed by atoms with Crippen molar-refractivity contribution in [3.05, 3.63) is 52.7 Å². The van der Waals surface area contributed by atoms with Crippen molar-refractivity contribution in [1.82, 2.24) is 15.3 Å². The highest BCUT2D eigenvalue weighted by molar-refractivity contribution is 7.15. The van der Waals surface area contributed by atoms with Crippen LogP contribution in [0, 0.1) is 0 Å². The van der Waals surface area contributed by atoms with Crippen LogP contribution in [0.4, 0.5) is 21.3 Å². The molecule has 0 spiro atoms. The Kier molecular flexibility index (Phi) is 8.67. The van der Waals surface area contributed by atoms with E-state index in [4.69, 9.17) is 9.47 Å². The van der Waals surface area contributed by atoms with Gasteiger partial charge in [0.1, 0.15) is 0 Å². The molecule has 4 rings (SSSR count). The van der Waals surface area contributed by atoms with E-state index < -0.39 is 6.03 Å². The number of nitrogens with one attached hydrogen (secondary N) is 3. The van der Waals surface area contributed by atoms with Crippen molar-refractivity contribution in [2.24, 2.45) is 0 Å². The smallest absolute Gasteiger partial charge is 0.325 e. The lowest BCUT2D eigenvalue weighted by atomic mass is 10.1. The zero-order chi connectivity index (χ0) is 24.9. The van der Waals surface area contributed by atoms with E-state index in [9.17, 15) is 9.59 Å². The molecule has 0 radical (unpaired) electrons. The summed E-state index contributed by atoms with van der Waals surface area (Å²) in [5, 5.41) is 8.91. The Balaban J connectivity index is 0.00000361. The van der Waals surface area contributed by atoms with E-state index >= 15 is 0 Å². The van der Waals surface area contributed by atoms with Crippen molar-refractivity contribution in [2.45, 2.75) is 32.9 Å². The Morgan fingerprint density at radius 1 is 1.14 bits per heavy atom. The van der Waals surface area contributed by atoms with Crippen LogP contribution in [-0.2, 0) is 13.0 Å². The second kappa shape index (κ2) is 11.7. The third-order valence-corrected chi connectivity index (χ3v) is 6.37. The fourth-order valence-corrected chi connectivity index (χ4v) is 4.76. The third-order valence-electron chi connectivity index (χ3n) is 5.37. The molecule has 0 saturated carbocycles. The van der Waals surface area contributed by atoms with Crippen LogP contribution >= 0.6 is 11.3 Å². The summed E-state index contributed by atoms with van der Waals surface area (Å²) in [4.78, 5) is 37.3. The minimum atomic E-state index is -0.457. The van der Waals surface area contributed by atoms with Crippen molar-refractivity contribution < 1.29 is 24.5 Å². The van der Waals surface area contributed by atoms with Gasteiger partial charge in [-0.2, -0.15) is 0 Å². The van der Waals surface area contributed by atoms with Gasteiger partial charge in [-0.3, -0.25) is 10.1 Å². The number of aromatic nitrogens is 2. The zero-order valence-corrected chi connectivity index (χ0v) is 21.4. The van der Waals surface area contributed by atoms with Crippen LogP contribution < -0.4 is 30.3 Å². The number of hydrogen-bond acceptors (Lipinski definition) is 8. The van der Waals surface area contributed by atoms with Crippen LogP contribution in [0.5, 0.6) is 11.6 Å². The maximum Gasteiger partial charge on any atom is 0.325 e. The van der Waals surface area contributed by atoms with E-state index in [0.29, 0.717) is 34.6 Å². The van der Waals surface area contributed by atoms with Gasteiger partial charge < -0.3 is 30.5 Å². The molecule has 1 aliphatic rings. The molecule has 36 heavy (non-hydrogen) atoms. The highest BCUT2D eigenvalue weighted by Crippen LogP contribution is 2.34. The Hall–Kier alpha value is -3.90. The van der Waals surface area contributed by atoms with Crippen molar-refractivity contribution in [1.29, 1.82) is 0 Å². The second-order valence-electron chi connectivity index (χ2n) is 8.22. The van der Waals surface area contributed by atoms with Gasteiger partial charge in [0.25, 0.3) is 11.8 Å². The molecule has 1 aromatic carbocycles. The summed E-state index contributed by atoms with van der Waals surface area (Å²) >= 11 is 1.43. The topological polar surface area (TPSA) is 149 Å². The van der Waals surface area contributed by atoms with Gasteiger partial charge in [-0.25, -0.2) is 14.8 Å². The number of amides is 3. The lowest BCUT2D eigenvalue weighted by molar-refractivity contribution is 0.0944. The van der Waals surface area contributed by atoms with Gasteiger partial charge in [0, 0.05) is 30.0 Å². The van der Waals surface area contributed by atoms with Crippen LogP contribution in [0.1, 0.15) is 34.8 Å². The number of hydrogen-bond donors (Lipinski definition) is 3. The van der Waals surface area contributed by atoms with Gasteiger partial charge in [-0.15, -0.1) is 0 Å². The molecule has 1 aliphatic heterocycles. The summed E-state index contributed by atoms with van der Waals surface area (Å²) in [5.41, 5.74) is 2.71. The number of nitrogens with zero attached hydrogens (tertiary/aromatic N) is 3. The molecule has 11 nitrogen and oxygen atoms in total. The molecule has 0 bridgehead atoms.